The molecular weight excluding hydrogens is 316 g/mol. The van der Waals surface area contributed by atoms with Crippen molar-refractivity contribution in [3.05, 3.63) is 53.9 Å². The number of nitrogens with zero attached hydrogens (tertiary/aromatic N) is 3. The van der Waals surface area contributed by atoms with Crippen LogP contribution in [0.2, 0.25) is 0 Å². The van der Waals surface area contributed by atoms with Gasteiger partial charge < -0.3 is 19.9 Å². The Labute approximate surface area is 148 Å². The highest BCUT2D eigenvalue weighted by Gasteiger charge is 2.13. The van der Waals surface area contributed by atoms with Crippen molar-refractivity contribution in [1.82, 2.24) is 9.88 Å². The second-order valence-corrected chi connectivity index (χ2v) is 6.26. The number of carbonyl (C=O) groups is 1. The number of aryl methyl sites for hydroxylation is 1. The number of anilines is 2. The maximum Gasteiger partial charge on any atom is 0.321 e. The van der Waals surface area contributed by atoms with Crippen LogP contribution in [-0.4, -0.2) is 49.3 Å². The number of aromatic nitrogens is 1. The van der Waals surface area contributed by atoms with Crippen molar-refractivity contribution in [2.45, 2.75) is 13.5 Å². The fourth-order valence-corrected chi connectivity index (χ4v) is 2.73. The van der Waals surface area contributed by atoms with Crippen LogP contribution >= 0.6 is 0 Å². The Morgan fingerprint density at radius 1 is 1.28 bits per heavy atom. The molecule has 0 spiro atoms. The molecular formula is C19H24N4O2. The Hall–Kier alpha value is -2.60. The monoisotopic (exact) mass is 340 g/mol. The van der Waals surface area contributed by atoms with Gasteiger partial charge in [0.25, 0.3) is 0 Å². The quantitative estimate of drug-likeness (QED) is 0.930. The van der Waals surface area contributed by atoms with E-state index >= 15 is 0 Å². The highest BCUT2D eigenvalue weighted by Crippen LogP contribution is 2.20. The molecule has 6 nitrogen and oxygen atoms in total. The van der Waals surface area contributed by atoms with Crippen LogP contribution < -0.4 is 10.2 Å². The van der Waals surface area contributed by atoms with Crippen molar-refractivity contribution in [3.63, 3.8) is 0 Å². The summed E-state index contributed by atoms with van der Waals surface area (Å²) in [6.45, 7) is 5.68. The molecule has 0 saturated carbocycles. The summed E-state index contributed by atoms with van der Waals surface area (Å²) < 4.78 is 5.39. The molecule has 132 valence electrons. The molecule has 0 radical (unpaired) electrons. The van der Waals surface area contributed by atoms with Crippen LogP contribution in [-0.2, 0) is 11.3 Å². The average Bonchev–Trinajstić information content (AvgIpc) is 2.64. The van der Waals surface area contributed by atoms with Gasteiger partial charge in [-0.3, -0.25) is 4.98 Å². The number of pyridine rings is 1. The number of ether oxygens (including phenoxy) is 1. The van der Waals surface area contributed by atoms with E-state index in [9.17, 15) is 4.79 Å². The van der Waals surface area contributed by atoms with Crippen molar-refractivity contribution in [2.75, 3.05) is 43.6 Å². The molecule has 1 aliphatic heterocycles. The summed E-state index contributed by atoms with van der Waals surface area (Å²) in [5, 5.41) is 2.95. The standard InChI is InChI=1S/C19H24N4O2/c1-15-6-7-17(20-13-15)14-22(2)19(24)21-16-4-3-5-18(12-16)23-8-10-25-11-9-23/h3-7,12-13H,8-11,14H2,1-2H3,(H,21,24). The van der Waals surface area contributed by atoms with Crippen LogP contribution in [0.15, 0.2) is 42.6 Å². The molecule has 1 aromatic carbocycles. The zero-order valence-corrected chi connectivity index (χ0v) is 14.7. The number of amides is 2. The van der Waals surface area contributed by atoms with Crippen LogP contribution in [0.3, 0.4) is 0 Å². The van der Waals surface area contributed by atoms with Gasteiger partial charge >= 0.3 is 6.03 Å². The third-order valence-electron chi connectivity index (χ3n) is 4.19. The van der Waals surface area contributed by atoms with E-state index in [2.05, 4.69) is 21.3 Å². The SMILES string of the molecule is Cc1ccc(CN(C)C(=O)Nc2cccc(N3CCOCC3)c2)nc1. The van der Waals surface area contributed by atoms with Crippen LogP contribution in [0.1, 0.15) is 11.3 Å². The van der Waals surface area contributed by atoms with E-state index in [-0.39, 0.29) is 6.03 Å². The molecule has 0 atom stereocenters. The maximum atomic E-state index is 12.4. The topological polar surface area (TPSA) is 57.7 Å². The van der Waals surface area contributed by atoms with Gasteiger partial charge in [0, 0.05) is 37.7 Å². The molecule has 2 amide bonds. The summed E-state index contributed by atoms with van der Waals surface area (Å²) in [5.74, 6) is 0. The lowest BCUT2D eigenvalue weighted by atomic mass is 10.2. The molecule has 1 aromatic heterocycles. The van der Waals surface area contributed by atoms with Crippen molar-refractivity contribution < 1.29 is 9.53 Å². The highest BCUT2D eigenvalue weighted by atomic mass is 16.5. The zero-order valence-electron chi connectivity index (χ0n) is 14.7. The van der Waals surface area contributed by atoms with Crippen LogP contribution in [0.5, 0.6) is 0 Å². The van der Waals surface area contributed by atoms with E-state index in [1.807, 2.05) is 43.5 Å². The lowest BCUT2D eigenvalue weighted by molar-refractivity contribution is 0.122. The first-order valence-electron chi connectivity index (χ1n) is 8.48. The van der Waals surface area contributed by atoms with Crippen LogP contribution in [0.4, 0.5) is 16.2 Å². The predicted octanol–water partition coefficient (Wildman–Crippen LogP) is 2.89. The minimum atomic E-state index is -0.151. The van der Waals surface area contributed by atoms with Gasteiger partial charge in [0.15, 0.2) is 0 Å². The summed E-state index contributed by atoms with van der Waals surface area (Å²) in [6, 6.07) is 11.7. The number of benzene rings is 1. The van der Waals surface area contributed by atoms with E-state index in [0.29, 0.717) is 6.54 Å². The van der Waals surface area contributed by atoms with Gasteiger partial charge in [-0.25, -0.2) is 4.79 Å². The van der Waals surface area contributed by atoms with Crippen molar-refractivity contribution >= 4 is 17.4 Å². The molecule has 3 rings (SSSR count). The molecule has 0 aliphatic carbocycles. The smallest absolute Gasteiger partial charge is 0.321 e. The van der Waals surface area contributed by atoms with Crippen molar-refractivity contribution in [2.24, 2.45) is 0 Å². The molecule has 0 unspecified atom stereocenters. The van der Waals surface area contributed by atoms with Gasteiger partial charge in [0.05, 0.1) is 25.5 Å². The van der Waals surface area contributed by atoms with Gasteiger partial charge in [-0.05, 0) is 36.8 Å². The number of hydrogen-bond donors (Lipinski definition) is 1. The van der Waals surface area contributed by atoms with E-state index in [4.69, 9.17) is 4.74 Å². The molecule has 0 bridgehead atoms. The summed E-state index contributed by atoms with van der Waals surface area (Å²) in [7, 11) is 1.77. The lowest BCUT2D eigenvalue weighted by Crippen LogP contribution is -2.36. The molecule has 2 aromatic rings. The van der Waals surface area contributed by atoms with Crippen molar-refractivity contribution in [1.29, 1.82) is 0 Å². The molecule has 1 N–H and O–H groups in total. The number of hydrogen-bond acceptors (Lipinski definition) is 4. The lowest BCUT2D eigenvalue weighted by Gasteiger charge is -2.29. The van der Waals surface area contributed by atoms with E-state index in [1.165, 1.54) is 0 Å². The summed E-state index contributed by atoms with van der Waals surface area (Å²) in [4.78, 5) is 20.7. The Kier molecular flexibility index (Phi) is 5.50. The predicted molar refractivity (Wildman–Crippen MR) is 98.9 cm³/mol. The number of carbonyl (C=O) groups excluding carboxylic acids is 1. The van der Waals surface area contributed by atoms with E-state index in [1.54, 1.807) is 11.9 Å². The Morgan fingerprint density at radius 2 is 2.08 bits per heavy atom. The molecule has 25 heavy (non-hydrogen) atoms. The zero-order chi connectivity index (χ0) is 17.6. The Balaban J connectivity index is 1.60. The van der Waals surface area contributed by atoms with Gasteiger partial charge in [0.1, 0.15) is 0 Å². The molecule has 1 aliphatic rings. The number of rotatable bonds is 4. The van der Waals surface area contributed by atoms with Gasteiger partial charge in [-0.1, -0.05) is 12.1 Å². The first kappa shape index (κ1) is 17.2. The Bertz CT molecular complexity index is 712. The number of urea groups is 1. The van der Waals surface area contributed by atoms with Gasteiger partial charge in [0.2, 0.25) is 0 Å². The van der Waals surface area contributed by atoms with Crippen LogP contribution in [0, 0.1) is 6.92 Å². The molecule has 1 fully saturated rings. The minimum absolute atomic E-state index is 0.151. The fourth-order valence-electron chi connectivity index (χ4n) is 2.73. The van der Waals surface area contributed by atoms with Gasteiger partial charge in [-0.15, -0.1) is 0 Å². The highest BCUT2D eigenvalue weighted by molar-refractivity contribution is 5.89. The average molecular weight is 340 g/mol. The Morgan fingerprint density at radius 3 is 2.80 bits per heavy atom. The first-order valence-corrected chi connectivity index (χ1v) is 8.48. The van der Waals surface area contributed by atoms with E-state index in [0.717, 1.165) is 48.9 Å². The molecule has 2 heterocycles. The van der Waals surface area contributed by atoms with Crippen molar-refractivity contribution in [3.8, 4) is 0 Å². The van der Waals surface area contributed by atoms with E-state index < -0.39 is 0 Å². The second kappa shape index (κ2) is 7.98. The second-order valence-electron chi connectivity index (χ2n) is 6.26. The van der Waals surface area contributed by atoms with Crippen LogP contribution in [0.25, 0.3) is 0 Å². The minimum Gasteiger partial charge on any atom is -0.378 e. The molecule has 6 heteroatoms. The normalized spacial score (nSPS) is 14.2. The summed E-state index contributed by atoms with van der Waals surface area (Å²) in [6.07, 6.45) is 1.81. The molecule has 1 saturated heterocycles. The summed E-state index contributed by atoms with van der Waals surface area (Å²) in [5.41, 5.74) is 3.86. The maximum absolute atomic E-state index is 12.4. The largest absolute Gasteiger partial charge is 0.378 e. The third kappa shape index (κ3) is 4.70. The first-order chi connectivity index (χ1) is 12.1. The number of nitrogens with one attached hydrogen (secondary N) is 1. The van der Waals surface area contributed by atoms with Gasteiger partial charge in [-0.2, -0.15) is 0 Å². The fraction of sp³-hybridized carbons (Fsp3) is 0.368. The number of morpholine rings is 1. The third-order valence-corrected chi connectivity index (χ3v) is 4.19. The summed E-state index contributed by atoms with van der Waals surface area (Å²) >= 11 is 0.